The van der Waals surface area contributed by atoms with Crippen molar-refractivity contribution in [2.75, 3.05) is 6.79 Å². The number of hydrogen-bond donors (Lipinski definition) is 0. The van der Waals surface area contributed by atoms with Gasteiger partial charge in [-0.3, -0.25) is 4.79 Å². The zero-order valence-corrected chi connectivity index (χ0v) is 10.0. The predicted molar refractivity (Wildman–Crippen MR) is 61.4 cm³/mol. The van der Waals surface area contributed by atoms with Gasteiger partial charge in [-0.1, -0.05) is 25.4 Å². The summed E-state index contributed by atoms with van der Waals surface area (Å²) in [6.07, 6.45) is 0.485. The molecule has 86 valence electrons. The van der Waals surface area contributed by atoms with Crippen molar-refractivity contribution in [2.24, 2.45) is 5.92 Å². The van der Waals surface area contributed by atoms with Crippen LogP contribution in [0.5, 0.6) is 11.5 Å². The average molecular weight is 241 g/mol. The van der Waals surface area contributed by atoms with Crippen molar-refractivity contribution in [1.29, 1.82) is 0 Å². The van der Waals surface area contributed by atoms with Gasteiger partial charge in [-0.05, 0) is 12.0 Å². The summed E-state index contributed by atoms with van der Waals surface area (Å²) in [5.74, 6) is 1.55. The summed E-state index contributed by atoms with van der Waals surface area (Å²) in [7, 11) is 0. The lowest BCUT2D eigenvalue weighted by Gasteiger charge is -2.07. The molecule has 0 saturated carbocycles. The summed E-state index contributed by atoms with van der Waals surface area (Å²) in [5.41, 5.74) is 0.514. The number of fused-ring (bicyclic) bond motifs is 1. The molecule has 0 spiro atoms. The molecule has 3 nitrogen and oxygen atoms in total. The van der Waals surface area contributed by atoms with Crippen LogP contribution in [0.3, 0.4) is 0 Å². The molecule has 2 rings (SSSR count). The molecule has 1 aromatic rings. The van der Waals surface area contributed by atoms with Crippen LogP contribution in [0.2, 0.25) is 5.02 Å². The van der Waals surface area contributed by atoms with Gasteiger partial charge in [0.05, 0.1) is 5.02 Å². The fourth-order valence-corrected chi connectivity index (χ4v) is 1.87. The van der Waals surface area contributed by atoms with E-state index in [1.165, 1.54) is 0 Å². The molecule has 0 atom stereocenters. The Morgan fingerprint density at radius 1 is 1.38 bits per heavy atom. The minimum absolute atomic E-state index is 0.0401. The predicted octanol–water partition coefficient (Wildman–Crippen LogP) is 3.30. The fraction of sp³-hybridized carbons (Fsp3) is 0.417. The van der Waals surface area contributed by atoms with Gasteiger partial charge in [0.2, 0.25) is 6.79 Å². The Balaban J connectivity index is 2.31. The second-order valence-corrected chi connectivity index (χ2v) is 4.61. The normalized spacial score (nSPS) is 13.2. The van der Waals surface area contributed by atoms with Gasteiger partial charge in [0, 0.05) is 18.1 Å². The fourth-order valence-electron chi connectivity index (χ4n) is 1.61. The van der Waals surface area contributed by atoms with E-state index in [9.17, 15) is 4.79 Å². The smallest absolute Gasteiger partial charge is 0.231 e. The summed E-state index contributed by atoms with van der Waals surface area (Å²) in [6, 6.07) is 3.30. The first kappa shape index (κ1) is 11.3. The molecule has 16 heavy (non-hydrogen) atoms. The molecule has 1 aromatic carbocycles. The van der Waals surface area contributed by atoms with Crippen LogP contribution in [0.4, 0.5) is 0 Å². The molecule has 0 amide bonds. The van der Waals surface area contributed by atoms with Crippen molar-refractivity contribution >= 4 is 17.4 Å². The number of ether oxygens (including phenoxy) is 2. The lowest BCUT2D eigenvalue weighted by atomic mass is 10.0. The van der Waals surface area contributed by atoms with E-state index in [2.05, 4.69) is 0 Å². The van der Waals surface area contributed by atoms with Gasteiger partial charge in [-0.2, -0.15) is 0 Å². The van der Waals surface area contributed by atoms with Crippen LogP contribution in [0.25, 0.3) is 0 Å². The van der Waals surface area contributed by atoms with Crippen LogP contribution in [-0.2, 0) is 0 Å². The van der Waals surface area contributed by atoms with Gasteiger partial charge in [-0.25, -0.2) is 0 Å². The number of rotatable bonds is 3. The van der Waals surface area contributed by atoms with Crippen LogP contribution in [-0.4, -0.2) is 12.6 Å². The maximum Gasteiger partial charge on any atom is 0.231 e. The largest absolute Gasteiger partial charge is 0.454 e. The summed E-state index contributed by atoms with van der Waals surface area (Å²) in [5, 5.41) is 0.426. The summed E-state index contributed by atoms with van der Waals surface area (Å²) >= 11 is 6.03. The van der Waals surface area contributed by atoms with E-state index in [1.807, 2.05) is 13.8 Å². The van der Waals surface area contributed by atoms with Crippen molar-refractivity contribution in [1.82, 2.24) is 0 Å². The zero-order chi connectivity index (χ0) is 11.7. The quantitative estimate of drug-likeness (QED) is 0.761. The summed E-state index contributed by atoms with van der Waals surface area (Å²) in [4.78, 5) is 11.9. The minimum Gasteiger partial charge on any atom is -0.454 e. The van der Waals surface area contributed by atoms with E-state index in [1.54, 1.807) is 12.1 Å². The van der Waals surface area contributed by atoms with Gasteiger partial charge in [0.15, 0.2) is 17.3 Å². The molecule has 0 saturated heterocycles. The van der Waals surface area contributed by atoms with Crippen molar-refractivity contribution in [3.8, 4) is 11.5 Å². The molecular weight excluding hydrogens is 228 g/mol. The molecule has 0 N–H and O–H groups in total. The molecule has 1 aliphatic rings. The van der Waals surface area contributed by atoms with E-state index < -0.39 is 0 Å². The Bertz CT molecular complexity index is 427. The van der Waals surface area contributed by atoms with Crippen molar-refractivity contribution in [3.05, 3.63) is 22.7 Å². The molecule has 4 heteroatoms. The lowest BCUT2D eigenvalue weighted by molar-refractivity contribution is 0.0967. The van der Waals surface area contributed by atoms with Gasteiger partial charge < -0.3 is 9.47 Å². The van der Waals surface area contributed by atoms with Crippen molar-refractivity contribution < 1.29 is 14.3 Å². The van der Waals surface area contributed by atoms with Crippen LogP contribution in [0.15, 0.2) is 12.1 Å². The maximum absolute atomic E-state index is 11.9. The summed E-state index contributed by atoms with van der Waals surface area (Å²) < 4.78 is 10.4. The van der Waals surface area contributed by atoms with E-state index in [0.29, 0.717) is 34.4 Å². The third kappa shape index (κ3) is 2.14. The second-order valence-electron chi connectivity index (χ2n) is 4.21. The standard InChI is InChI=1S/C12H13ClO3/c1-7(2)3-10(14)8-4-11-12(5-9(8)13)16-6-15-11/h4-5,7H,3,6H2,1-2H3. The second kappa shape index (κ2) is 4.34. The first-order valence-electron chi connectivity index (χ1n) is 5.20. The van der Waals surface area contributed by atoms with E-state index >= 15 is 0 Å². The molecule has 0 aromatic heterocycles. The number of ketones is 1. The SMILES string of the molecule is CC(C)CC(=O)c1cc2c(cc1Cl)OCO2. The van der Waals surface area contributed by atoms with Crippen molar-refractivity contribution in [3.63, 3.8) is 0 Å². The van der Waals surface area contributed by atoms with Crippen LogP contribution < -0.4 is 9.47 Å². The topological polar surface area (TPSA) is 35.5 Å². The molecule has 0 radical (unpaired) electrons. The molecule has 0 fully saturated rings. The molecule has 0 aliphatic carbocycles. The van der Waals surface area contributed by atoms with E-state index in [4.69, 9.17) is 21.1 Å². The third-order valence-corrected chi connectivity index (χ3v) is 2.67. The molecule has 1 heterocycles. The third-order valence-electron chi connectivity index (χ3n) is 2.36. The molecular formula is C12H13ClO3. The maximum atomic E-state index is 11.9. The zero-order valence-electron chi connectivity index (χ0n) is 9.25. The van der Waals surface area contributed by atoms with Crippen LogP contribution in [0.1, 0.15) is 30.6 Å². The van der Waals surface area contributed by atoms with Crippen molar-refractivity contribution in [2.45, 2.75) is 20.3 Å². The Morgan fingerprint density at radius 2 is 2.00 bits per heavy atom. The van der Waals surface area contributed by atoms with Gasteiger partial charge in [0.25, 0.3) is 0 Å². The Kier molecular flexibility index (Phi) is 3.06. The van der Waals surface area contributed by atoms with Crippen LogP contribution in [0, 0.1) is 5.92 Å². The minimum atomic E-state index is 0.0401. The Morgan fingerprint density at radius 3 is 2.62 bits per heavy atom. The van der Waals surface area contributed by atoms with E-state index in [-0.39, 0.29) is 12.6 Å². The molecule has 1 aliphatic heterocycles. The van der Waals surface area contributed by atoms with Gasteiger partial charge in [-0.15, -0.1) is 0 Å². The van der Waals surface area contributed by atoms with Gasteiger partial charge in [0.1, 0.15) is 0 Å². The highest BCUT2D eigenvalue weighted by Gasteiger charge is 2.20. The number of hydrogen-bond acceptors (Lipinski definition) is 3. The highest BCUT2D eigenvalue weighted by molar-refractivity contribution is 6.34. The van der Waals surface area contributed by atoms with E-state index in [0.717, 1.165) is 0 Å². The molecule has 0 unspecified atom stereocenters. The first-order valence-corrected chi connectivity index (χ1v) is 5.58. The Labute approximate surface area is 99.3 Å². The van der Waals surface area contributed by atoms with Crippen LogP contribution >= 0.6 is 11.6 Å². The number of carbonyl (C=O) groups excluding carboxylic acids is 1. The number of halogens is 1. The summed E-state index contributed by atoms with van der Waals surface area (Å²) in [6.45, 7) is 4.19. The first-order chi connectivity index (χ1) is 7.58. The number of Topliss-reactive ketones (excluding diaryl/α,β-unsaturated/α-hetero) is 1. The number of carbonyl (C=O) groups is 1. The highest BCUT2D eigenvalue weighted by atomic mass is 35.5. The monoisotopic (exact) mass is 240 g/mol. The molecule has 0 bridgehead atoms. The lowest BCUT2D eigenvalue weighted by Crippen LogP contribution is -2.04. The average Bonchev–Trinajstić information content (AvgIpc) is 2.61. The Hall–Kier alpha value is -1.22. The number of benzene rings is 1. The van der Waals surface area contributed by atoms with Gasteiger partial charge >= 0.3 is 0 Å². The highest BCUT2D eigenvalue weighted by Crippen LogP contribution is 2.37.